The van der Waals surface area contributed by atoms with Crippen LogP contribution in [0, 0.1) is 23.7 Å². The highest BCUT2D eigenvalue weighted by Gasteiger charge is 2.66. The van der Waals surface area contributed by atoms with Gasteiger partial charge in [0.1, 0.15) is 12.2 Å². The van der Waals surface area contributed by atoms with Crippen LogP contribution in [-0.2, 0) is 28.6 Å². The Bertz CT molecular complexity index is 513. The van der Waals surface area contributed by atoms with Crippen molar-refractivity contribution >= 4 is 17.9 Å². The van der Waals surface area contributed by atoms with E-state index < -0.39 is 5.97 Å². The van der Waals surface area contributed by atoms with E-state index in [1.165, 1.54) is 0 Å². The molecule has 0 N–H and O–H groups in total. The fourth-order valence-electron chi connectivity index (χ4n) is 4.16. The van der Waals surface area contributed by atoms with Crippen molar-refractivity contribution in [2.24, 2.45) is 23.7 Å². The molecule has 2 saturated carbocycles. The maximum absolute atomic E-state index is 11.9. The van der Waals surface area contributed by atoms with E-state index in [0.29, 0.717) is 6.42 Å². The van der Waals surface area contributed by atoms with E-state index in [-0.39, 0.29) is 60.8 Å². The molecule has 0 aromatic heterocycles. The molecule has 120 valence electrons. The largest absolute Gasteiger partial charge is 0.463 e. The zero-order chi connectivity index (χ0) is 15.9. The minimum Gasteiger partial charge on any atom is -0.463 e. The van der Waals surface area contributed by atoms with Crippen LogP contribution in [0.5, 0.6) is 0 Å². The van der Waals surface area contributed by atoms with Crippen LogP contribution < -0.4 is 0 Å². The molecule has 0 radical (unpaired) electrons. The van der Waals surface area contributed by atoms with Gasteiger partial charge in [0.25, 0.3) is 0 Å². The summed E-state index contributed by atoms with van der Waals surface area (Å²) in [6, 6.07) is 0. The minimum atomic E-state index is -0.501. The Kier molecular flexibility index (Phi) is 3.93. The maximum Gasteiger partial charge on any atom is 0.330 e. The van der Waals surface area contributed by atoms with E-state index in [1.807, 2.05) is 6.92 Å². The van der Waals surface area contributed by atoms with E-state index in [0.717, 1.165) is 12.5 Å². The molecule has 22 heavy (non-hydrogen) atoms. The number of fused-ring (bicyclic) bond motifs is 1. The molecule has 0 spiro atoms. The maximum atomic E-state index is 11.9. The third-order valence-corrected chi connectivity index (χ3v) is 5.14. The molecule has 0 amide bonds. The molecule has 3 aliphatic rings. The van der Waals surface area contributed by atoms with E-state index in [9.17, 15) is 14.4 Å². The van der Waals surface area contributed by atoms with Crippen molar-refractivity contribution in [1.82, 2.24) is 0 Å². The molecule has 6 atom stereocenters. The van der Waals surface area contributed by atoms with Crippen molar-refractivity contribution < 1.29 is 28.6 Å². The molecular weight excluding hydrogens is 288 g/mol. The summed E-state index contributed by atoms with van der Waals surface area (Å²) in [6.45, 7) is 5.49. The molecular formula is C16H20O6. The van der Waals surface area contributed by atoms with Gasteiger partial charge < -0.3 is 14.2 Å². The van der Waals surface area contributed by atoms with Crippen LogP contribution in [0.4, 0.5) is 0 Å². The fraction of sp³-hybridized carbons (Fsp3) is 0.688. The van der Waals surface area contributed by atoms with Crippen LogP contribution in [0.2, 0.25) is 0 Å². The molecule has 2 aliphatic carbocycles. The average molecular weight is 308 g/mol. The Morgan fingerprint density at radius 2 is 2.18 bits per heavy atom. The molecule has 1 aliphatic heterocycles. The summed E-state index contributed by atoms with van der Waals surface area (Å²) < 4.78 is 15.8. The van der Waals surface area contributed by atoms with Crippen molar-refractivity contribution in [3.05, 3.63) is 12.7 Å². The smallest absolute Gasteiger partial charge is 0.330 e. The number of carbonyl (C=O) groups is 3. The van der Waals surface area contributed by atoms with Crippen LogP contribution in [0.3, 0.4) is 0 Å². The first-order chi connectivity index (χ1) is 10.5. The average Bonchev–Trinajstić information content (AvgIpc) is 3.08. The Balaban J connectivity index is 1.48. The van der Waals surface area contributed by atoms with Crippen molar-refractivity contribution in [2.45, 2.75) is 38.4 Å². The van der Waals surface area contributed by atoms with Gasteiger partial charge >= 0.3 is 17.9 Å². The quantitative estimate of drug-likeness (QED) is 0.318. The molecule has 1 heterocycles. The number of rotatable bonds is 6. The molecule has 2 bridgehead atoms. The van der Waals surface area contributed by atoms with Crippen LogP contribution in [0.25, 0.3) is 0 Å². The van der Waals surface area contributed by atoms with Gasteiger partial charge in [0.15, 0.2) is 0 Å². The van der Waals surface area contributed by atoms with Crippen LogP contribution in [0.1, 0.15) is 26.2 Å². The topological polar surface area (TPSA) is 78.9 Å². The van der Waals surface area contributed by atoms with Gasteiger partial charge in [0, 0.05) is 24.3 Å². The summed E-state index contributed by atoms with van der Waals surface area (Å²) in [7, 11) is 0. The fourth-order valence-corrected chi connectivity index (χ4v) is 4.16. The highest BCUT2D eigenvalue weighted by Crippen LogP contribution is 2.58. The van der Waals surface area contributed by atoms with Gasteiger partial charge in [-0.1, -0.05) is 13.5 Å². The predicted octanol–water partition coefficient (Wildman–Crippen LogP) is 1.23. The molecule has 6 heteroatoms. The predicted molar refractivity (Wildman–Crippen MR) is 74.4 cm³/mol. The van der Waals surface area contributed by atoms with Gasteiger partial charge in [-0.2, -0.15) is 0 Å². The van der Waals surface area contributed by atoms with Crippen LogP contribution >= 0.6 is 0 Å². The van der Waals surface area contributed by atoms with Gasteiger partial charge in [0.2, 0.25) is 0 Å². The summed E-state index contributed by atoms with van der Waals surface area (Å²) in [5.74, 6) is -0.350. The highest BCUT2D eigenvalue weighted by molar-refractivity contribution is 5.81. The molecule has 0 aromatic carbocycles. The first-order valence-electron chi connectivity index (χ1n) is 7.72. The van der Waals surface area contributed by atoms with Gasteiger partial charge in [0.05, 0.1) is 12.5 Å². The summed E-state index contributed by atoms with van der Waals surface area (Å²) >= 11 is 0. The second-order valence-electron chi connectivity index (χ2n) is 6.28. The van der Waals surface area contributed by atoms with E-state index in [2.05, 4.69) is 6.58 Å². The first-order valence-corrected chi connectivity index (χ1v) is 7.72. The van der Waals surface area contributed by atoms with Crippen molar-refractivity contribution in [3.8, 4) is 0 Å². The zero-order valence-electron chi connectivity index (χ0n) is 12.5. The lowest BCUT2D eigenvalue weighted by atomic mass is 9.80. The lowest BCUT2D eigenvalue weighted by Gasteiger charge is -2.29. The van der Waals surface area contributed by atoms with Crippen molar-refractivity contribution in [1.29, 1.82) is 0 Å². The molecule has 0 aromatic rings. The van der Waals surface area contributed by atoms with Crippen molar-refractivity contribution in [3.63, 3.8) is 0 Å². The zero-order valence-corrected chi connectivity index (χ0v) is 12.5. The Labute approximate surface area is 128 Å². The SMILES string of the molecule is C=CC(=O)OCCCC(=O)OC1C2CC3C1OC(=O)C3C2C. The standard InChI is InChI=1S/C16H20O6/c1-3-11(17)20-6-4-5-12(18)21-14-9-7-10-13(8(9)2)16(19)22-15(10)14/h3,8-10,13-15H,1,4-7H2,2H3. The molecule has 6 nitrogen and oxygen atoms in total. The number of esters is 3. The van der Waals surface area contributed by atoms with Gasteiger partial charge in [-0.3, -0.25) is 9.59 Å². The Morgan fingerprint density at radius 3 is 2.91 bits per heavy atom. The van der Waals surface area contributed by atoms with Crippen molar-refractivity contribution in [2.75, 3.05) is 6.61 Å². The first kappa shape index (κ1) is 15.1. The molecule has 6 unspecified atom stereocenters. The minimum absolute atomic E-state index is 0.0109. The van der Waals surface area contributed by atoms with Gasteiger partial charge in [-0.05, 0) is 18.8 Å². The van der Waals surface area contributed by atoms with Crippen LogP contribution in [0.15, 0.2) is 12.7 Å². The third-order valence-electron chi connectivity index (χ3n) is 5.14. The Morgan fingerprint density at radius 1 is 1.41 bits per heavy atom. The van der Waals surface area contributed by atoms with E-state index >= 15 is 0 Å². The number of carbonyl (C=O) groups excluding carboxylic acids is 3. The summed E-state index contributed by atoms with van der Waals surface area (Å²) in [5.41, 5.74) is 0. The summed E-state index contributed by atoms with van der Waals surface area (Å²) in [5, 5.41) is 0. The normalized spacial score (nSPS) is 37.8. The number of hydrogen-bond donors (Lipinski definition) is 0. The molecule has 3 fully saturated rings. The lowest BCUT2D eigenvalue weighted by Crippen LogP contribution is -2.39. The lowest BCUT2D eigenvalue weighted by molar-refractivity contribution is -0.162. The molecule has 1 saturated heterocycles. The third kappa shape index (κ3) is 2.40. The van der Waals surface area contributed by atoms with Gasteiger partial charge in [-0.15, -0.1) is 0 Å². The highest BCUT2D eigenvalue weighted by atomic mass is 16.6. The van der Waals surface area contributed by atoms with Gasteiger partial charge in [-0.25, -0.2) is 4.79 Å². The molecule has 3 rings (SSSR count). The second-order valence-corrected chi connectivity index (χ2v) is 6.28. The second kappa shape index (κ2) is 5.74. The number of hydrogen-bond acceptors (Lipinski definition) is 6. The number of ether oxygens (including phenoxy) is 3. The summed E-state index contributed by atoms with van der Waals surface area (Å²) in [4.78, 5) is 34.6. The van der Waals surface area contributed by atoms with E-state index in [4.69, 9.17) is 14.2 Å². The van der Waals surface area contributed by atoms with E-state index in [1.54, 1.807) is 0 Å². The Hall–Kier alpha value is -1.85. The summed E-state index contributed by atoms with van der Waals surface area (Å²) in [6.07, 6.45) is 1.99. The van der Waals surface area contributed by atoms with Crippen LogP contribution in [-0.4, -0.2) is 36.7 Å². The monoisotopic (exact) mass is 308 g/mol.